The molecular formula is C21H19BrN4O5. The van der Waals surface area contributed by atoms with Crippen LogP contribution >= 0.6 is 15.9 Å². The Balaban J connectivity index is 2.25. The van der Waals surface area contributed by atoms with Crippen LogP contribution in [-0.2, 0) is 10.2 Å². The minimum absolute atomic E-state index is 0.172. The van der Waals surface area contributed by atoms with Gasteiger partial charge >= 0.3 is 11.7 Å². The zero-order chi connectivity index (χ0) is 22.9. The molecule has 0 atom stereocenters. The van der Waals surface area contributed by atoms with Crippen molar-refractivity contribution in [3.8, 4) is 5.75 Å². The predicted molar refractivity (Wildman–Crippen MR) is 120 cm³/mol. The van der Waals surface area contributed by atoms with Gasteiger partial charge in [0.05, 0.1) is 22.0 Å². The van der Waals surface area contributed by atoms with E-state index >= 15 is 0 Å². The molecule has 1 aromatic heterocycles. The number of rotatable bonds is 4. The van der Waals surface area contributed by atoms with E-state index in [4.69, 9.17) is 4.74 Å². The fraction of sp³-hybridized carbons (Fsp3) is 0.238. The van der Waals surface area contributed by atoms with Gasteiger partial charge in [-0.05, 0) is 24.3 Å². The van der Waals surface area contributed by atoms with Crippen LogP contribution in [0.3, 0.4) is 0 Å². The zero-order valence-electron chi connectivity index (χ0n) is 17.2. The summed E-state index contributed by atoms with van der Waals surface area (Å²) in [5.74, 6) is -0.553. The van der Waals surface area contributed by atoms with Crippen molar-refractivity contribution in [2.75, 3.05) is 0 Å². The summed E-state index contributed by atoms with van der Waals surface area (Å²) in [5, 5.41) is 16.0. The molecule has 0 fully saturated rings. The Morgan fingerprint density at radius 3 is 2.61 bits per heavy atom. The Bertz CT molecular complexity index is 1290. The Morgan fingerprint density at radius 2 is 2.00 bits per heavy atom. The largest absolute Gasteiger partial charge is 0.419 e. The minimum Gasteiger partial charge on any atom is -0.419 e. The second-order valence-electron chi connectivity index (χ2n) is 7.75. The molecule has 0 saturated heterocycles. The topological polar surface area (TPSA) is 117 Å². The number of fused-ring (bicyclic) bond motifs is 1. The van der Waals surface area contributed by atoms with E-state index in [-0.39, 0.29) is 17.0 Å². The van der Waals surface area contributed by atoms with Gasteiger partial charge in [0.15, 0.2) is 0 Å². The molecular weight excluding hydrogens is 468 g/mol. The Hall–Kier alpha value is -3.40. The van der Waals surface area contributed by atoms with E-state index in [0.717, 1.165) is 11.6 Å². The molecule has 160 valence electrons. The third-order valence-electron chi connectivity index (χ3n) is 4.26. The summed E-state index contributed by atoms with van der Waals surface area (Å²) < 4.78 is 6.93. The molecule has 0 aliphatic carbocycles. The Morgan fingerprint density at radius 1 is 1.29 bits per heavy atom. The van der Waals surface area contributed by atoms with E-state index in [1.54, 1.807) is 18.2 Å². The highest BCUT2D eigenvalue weighted by molar-refractivity contribution is 9.10. The van der Waals surface area contributed by atoms with Crippen LogP contribution in [0.1, 0.15) is 39.1 Å². The van der Waals surface area contributed by atoms with Crippen LogP contribution in [0.15, 0.2) is 50.8 Å². The van der Waals surface area contributed by atoms with E-state index in [2.05, 4.69) is 26.0 Å². The Kier molecular flexibility index (Phi) is 6.03. The summed E-state index contributed by atoms with van der Waals surface area (Å²) in [7, 11) is 0. The molecule has 0 saturated carbocycles. The van der Waals surface area contributed by atoms with Crippen molar-refractivity contribution < 1.29 is 14.5 Å². The van der Waals surface area contributed by atoms with Crippen molar-refractivity contribution in [2.24, 2.45) is 5.10 Å². The summed E-state index contributed by atoms with van der Waals surface area (Å²) in [4.78, 5) is 40.0. The van der Waals surface area contributed by atoms with Crippen molar-refractivity contribution >= 4 is 44.7 Å². The molecule has 2 aromatic carbocycles. The van der Waals surface area contributed by atoms with E-state index in [1.807, 2.05) is 20.8 Å². The number of nitro groups is 1. The second-order valence-corrected chi connectivity index (χ2v) is 8.67. The lowest BCUT2D eigenvalue weighted by Gasteiger charge is -2.20. The third kappa shape index (κ3) is 4.69. The van der Waals surface area contributed by atoms with Crippen LogP contribution in [0, 0.1) is 10.1 Å². The first kappa shape index (κ1) is 22.3. The highest BCUT2D eigenvalue weighted by Gasteiger charge is 2.24. The first-order valence-electron chi connectivity index (χ1n) is 9.22. The zero-order valence-corrected chi connectivity index (χ0v) is 18.8. The molecule has 0 N–H and O–H groups in total. The quantitative estimate of drug-likeness (QED) is 0.179. The third-order valence-corrected chi connectivity index (χ3v) is 4.75. The number of esters is 1. The summed E-state index contributed by atoms with van der Waals surface area (Å²) in [5.41, 5.74) is -0.611. The van der Waals surface area contributed by atoms with E-state index in [9.17, 15) is 19.7 Å². The number of nitro benzene ring substituents is 1. The molecule has 0 aliphatic rings. The highest BCUT2D eigenvalue weighted by Crippen LogP contribution is 2.30. The second kappa shape index (κ2) is 8.38. The highest BCUT2D eigenvalue weighted by atomic mass is 79.9. The van der Waals surface area contributed by atoms with Crippen molar-refractivity contribution in [3.63, 3.8) is 0 Å². The summed E-state index contributed by atoms with van der Waals surface area (Å²) in [6.45, 7) is 6.82. The summed E-state index contributed by atoms with van der Waals surface area (Å²) >= 11 is 3.35. The van der Waals surface area contributed by atoms with Gasteiger partial charge in [0.25, 0.3) is 5.56 Å². The molecule has 0 aliphatic heterocycles. The smallest absolute Gasteiger partial charge is 0.312 e. The van der Waals surface area contributed by atoms with Crippen LogP contribution in [-0.4, -0.2) is 26.8 Å². The van der Waals surface area contributed by atoms with Gasteiger partial charge in [0.2, 0.25) is 5.75 Å². The Labute approximate surface area is 185 Å². The van der Waals surface area contributed by atoms with Gasteiger partial charge in [0.1, 0.15) is 5.82 Å². The number of benzene rings is 2. The summed E-state index contributed by atoms with van der Waals surface area (Å²) in [6, 6.07) is 9.35. The van der Waals surface area contributed by atoms with Gasteiger partial charge in [-0.3, -0.25) is 19.7 Å². The fourth-order valence-electron chi connectivity index (χ4n) is 2.90. The number of para-hydroxylation sites is 1. The molecule has 1 heterocycles. The first-order valence-corrected chi connectivity index (χ1v) is 10.0. The van der Waals surface area contributed by atoms with Crippen LogP contribution in [0.5, 0.6) is 5.75 Å². The van der Waals surface area contributed by atoms with E-state index in [1.165, 1.54) is 24.4 Å². The molecule has 0 bridgehead atoms. The fourth-order valence-corrected chi connectivity index (χ4v) is 3.26. The maximum Gasteiger partial charge on any atom is 0.312 e. The molecule has 0 unspecified atom stereocenters. The maximum absolute atomic E-state index is 13.2. The van der Waals surface area contributed by atoms with E-state index in [0.29, 0.717) is 21.2 Å². The summed E-state index contributed by atoms with van der Waals surface area (Å²) in [6.07, 6.45) is 1.24. The van der Waals surface area contributed by atoms with Gasteiger partial charge in [0, 0.05) is 28.4 Å². The van der Waals surface area contributed by atoms with Crippen LogP contribution in [0.25, 0.3) is 10.9 Å². The van der Waals surface area contributed by atoms with Gasteiger partial charge < -0.3 is 4.74 Å². The van der Waals surface area contributed by atoms with Crippen molar-refractivity contribution in [3.05, 3.63) is 72.7 Å². The SMILES string of the molecule is CC(=O)Oc1c(C=Nn2c(C(C)(C)C)nc3ccc(Br)cc3c2=O)cccc1[N+](=O)[O-]. The molecule has 9 nitrogen and oxygen atoms in total. The molecule has 0 amide bonds. The van der Waals surface area contributed by atoms with Gasteiger partial charge in [-0.15, -0.1) is 0 Å². The standard InChI is InChI=1S/C21H19BrN4O5/c1-12(27)31-18-13(6-5-7-17(18)26(29)30)11-23-25-19(28)15-10-14(22)8-9-16(15)24-20(25)21(2,3)4/h5-11H,1-4H3. The van der Waals surface area contributed by atoms with Gasteiger partial charge in [-0.1, -0.05) is 42.8 Å². The first-order chi connectivity index (χ1) is 14.5. The number of hydrogen-bond donors (Lipinski definition) is 0. The normalized spacial score (nSPS) is 11.8. The predicted octanol–water partition coefficient (Wildman–Crippen LogP) is 4.17. The number of carbonyl (C=O) groups is 1. The lowest BCUT2D eigenvalue weighted by molar-refractivity contribution is -0.385. The van der Waals surface area contributed by atoms with Gasteiger partial charge in [-0.2, -0.15) is 9.78 Å². The number of ether oxygens (including phenoxy) is 1. The average molecular weight is 487 g/mol. The number of hydrogen-bond acceptors (Lipinski definition) is 7. The van der Waals surface area contributed by atoms with Crippen LogP contribution in [0.2, 0.25) is 0 Å². The molecule has 3 rings (SSSR count). The van der Waals surface area contributed by atoms with Crippen LogP contribution in [0.4, 0.5) is 5.69 Å². The van der Waals surface area contributed by atoms with Crippen molar-refractivity contribution in [1.82, 2.24) is 9.66 Å². The lowest BCUT2D eigenvalue weighted by atomic mass is 9.95. The number of aromatic nitrogens is 2. The molecule has 31 heavy (non-hydrogen) atoms. The monoisotopic (exact) mass is 486 g/mol. The molecule has 10 heteroatoms. The average Bonchev–Trinajstić information content (AvgIpc) is 2.67. The van der Waals surface area contributed by atoms with Crippen molar-refractivity contribution in [2.45, 2.75) is 33.1 Å². The minimum atomic E-state index is -0.714. The lowest BCUT2D eigenvalue weighted by Crippen LogP contribution is -2.29. The van der Waals surface area contributed by atoms with Gasteiger partial charge in [-0.25, -0.2) is 4.98 Å². The number of carbonyl (C=O) groups excluding carboxylic acids is 1. The van der Waals surface area contributed by atoms with Crippen molar-refractivity contribution in [1.29, 1.82) is 0 Å². The van der Waals surface area contributed by atoms with E-state index < -0.39 is 21.9 Å². The number of nitrogens with zero attached hydrogens (tertiary/aromatic N) is 4. The molecule has 0 radical (unpaired) electrons. The molecule has 3 aromatic rings. The molecule has 0 spiro atoms. The number of halogens is 1. The van der Waals surface area contributed by atoms with Crippen LogP contribution < -0.4 is 10.3 Å². The maximum atomic E-state index is 13.2.